The third-order valence-corrected chi connectivity index (χ3v) is 4.92. The molecule has 3 rings (SSSR count). The molecule has 3 heterocycles. The van der Waals surface area contributed by atoms with Crippen LogP contribution in [0.5, 0.6) is 0 Å². The van der Waals surface area contributed by atoms with Crippen LogP contribution in [0.25, 0.3) is 0 Å². The van der Waals surface area contributed by atoms with Gasteiger partial charge in [-0.05, 0) is 25.9 Å². The lowest BCUT2D eigenvalue weighted by atomic mass is 9.81. The smallest absolute Gasteiger partial charge is 0.120 e. The van der Waals surface area contributed by atoms with Gasteiger partial charge in [0.2, 0.25) is 0 Å². The number of piperidine rings is 1. The van der Waals surface area contributed by atoms with Crippen LogP contribution < -0.4 is 0 Å². The zero-order chi connectivity index (χ0) is 12.4. The van der Waals surface area contributed by atoms with Crippen molar-refractivity contribution < 1.29 is 0 Å². The van der Waals surface area contributed by atoms with Gasteiger partial charge in [0.15, 0.2) is 0 Å². The number of likely N-dealkylation sites (tertiary alicyclic amines) is 1. The van der Waals surface area contributed by atoms with E-state index in [4.69, 9.17) is 0 Å². The molecule has 0 bridgehead atoms. The van der Waals surface area contributed by atoms with Gasteiger partial charge in [0, 0.05) is 29.4 Å². The maximum atomic E-state index is 4.49. The van der Waals surface area contributed by atoms with Gasteiger partial charge in [-0.1, -0.05) is 6.92 Å². The summed E-state index contributed by atoms with van der Waals surface area (Å²) in [6, 6.07) is 0. The van der Waals surface area contributed by atoms with Crippen LogP contribution in [0.3, 0.4) is 0 Å². The van der Waals surface area contributed by atoms with Crippen LogP contribution in [0.2, 0.25) is 0 Å². The molecule has 0 amide bonds. The van der Waals surface area contributed by atoms with Crippen LogP contribution in [0.4, 0.5) is 0 Å². The first kappa shape index (κ1) is 11.9. The lowest BCUT2D eigenvalue weighted by Gasteiger charge is -2.37. The molecule has 2 aromatic rings. The van der Waals surface area contributed by atoms with E-state index in [2.05, 4.69) is 32.2 Å². The average molecular weight is 262 g/mol. The second kappa shape index (κ2) is 4.82. The van der Waals surface area contributed by atoms with Crippen LogP contribution >= 0.6 is 11.3 Å². The number of nitrogens with zero attached hydrogens (tertiary/aromatic N) is 3. The van der Waals surface area contributed by atoms with Crippen LogP contribution in [-0.2, 0) is 12.0 Å². The van der Waals surface area contributed by atoms with Gasteiger partial charge in [-0.2, -0.15) is 0 Å². The van der Waals surface area contributed by atoms with Crippen molar-refractivity contribution in [1.82, 2.24) is 19.9 Å². The van der Waals surface area contributed by atoms with E-state index in [0.717, 1.165) is 25.5 Å². The zero-order valence-electron chi connectivity index (χ0n) is 10.6. The average Bonchev–Trinajstić information content (AvgIpc) is 3.04. The molecule has 0 aromatic carbocycles. The van der Waals surface area contributed by atoms with Gasteiger partial charge in [0.25, 0.3) is 0 Å². The van der Waals surface area contributed by atoms with Crippen LogP contribution in [0.1, 0.15) is 30.6 Å². The highest BCUT2D eigenvalue weighted by molar-refractivity contribution is 7.09. The van der Waals surface area contributed by atoms with E-state index in [1.54, 1.807) is 11.3 Å². The summed E-state index contributed by atoms with van der Waals surface area (Å²) in [6.45, 7) is 5.52. The van der Waals surface area contributed by atoms with E-state index in [0.29, 0.717) is 0 Å². The van der Waals surface area contributed by atoms with Crippen molar-refractivity contribution in [3.8, 4) is 0 Å². The molecule has 0 saturated carbocycles. The maximum Gasteiger partial charge on any atom is 0.120 e. The van der Waals surface area contributed by atoms with E-state index in [-0.39, 0.29) is 5.41 Å². The van der Waals surface area contributed by atoms with Crippen molar-refractivity contribution >= 4 is 11.3 Å². The molecule has 18 heavy (non-hydrogen) atoms. The Kier molecular flexibility index (Phi) is 3.18. The number of imidazole rings is 1. The first-order valence-electron chi connectivity index (χ1n) is 6.37. The van der Waals surface area contributed by atoms with Gasteiger partial charge in [0.05, 0.1) is 11.6 Å². The largest absolute Gasteiger partial charge is 0.348 e. The highest BCUT2D eigenvalue weighted by Crippen LogP contribution is 2.36. The van der Waals surface area contributed by atoms with Crippen molar-refractivity contribution in [2.24, 2.45) is 0 Å². The lowest BCUT2D eigenvalue weighted by Crippen LogP contribution is -2.40. The minimum atomic E-state index is 0.272. The second-order valence-electron chi connectivity index (χ2n) is 5.21. The van der Waals surface area contributed by atoms with Crippen molar-refractivity contribution in [3.05, 3.63) is 34.8 Å². The van der Waals surface area contributed by atoms with Gasteiger partial charge < -0.3 is 4.98 Å². The Bertz CT molecular complexity index is 469. The lowest BCUT2D eigenvalue weighted by molar-refractivity contribution is 0.159. The normalized spacial score (nSPS) is 20.1. The van der Waals surface area contributed by atoms with Crippen LogP contribution in [0, 0.1) is 0 Å². The summed E-state index contributed by atoms with van der Waals surface area (Å²) in [5.41, 5.74) is 0.272. The summed E-state index contributed by atoms with van der Waals surface area (Å²) in [5, 5.41) is 3.37. The summed E-state index contributed by atoms with van der Waals surface area (Å²) in [4.78, 5) is 14.4. The Hall–Kier alpha value is -1.20. The molecule has 1 aliphatic rings. The Labute approximate surface area is 111 Å². The fourth-order valence-electron chi connectivity index (χ4n) is 2.54. The first-order chi connectivity index (χ1) is 8.76. The number of nitrogens with one attached hydrogen (secondary N) is 1. The number of rotatable bonds is 3. The van der Waals surface area contributed by atoms with E-state index in [9.17, 15) is 0 Å². The molecule has 2 aromatic heterocycles. The molecule has 0 unspecified atom stereocenters. The SMILES string of the molecule is CC1(c2nccs2)CCN(Cc2ncc[nH]2)CC1. The summed E-state index contributed by atoms with van der Waals surface area (Å²) >= 11 is 1.79. The summed E-state index contributed by atoms with van der Waals surface area (Å²) in [7, 11) is 0. The molecular formula is C13H18N4S. The predicted molar refractivity (Wildman–Crippen MR) is 72.6 cm³/mol. The third kappa shape index (κ3) is 2.33. The Morgan fingerprint density at radius 1 is 1.33 bits per heavy atom. The first-order valence-corrected chi connectivity index (χ1v) is 7.25. The van der Waals surface area contributed by atoms with Gasteiger partial charge in [-0.3, -0.25) is 4.90 Å². The molecule has 0 spiro atoms. The summed E-state index contributed by atoms with van der Waals surface area (Å²) < 4.78 is 0. The molecule has 1 aliphatic heterocycles. The highest BCUT2D eigenvalue weighted by atomic mass is 32.1. The van der Waals surface area contributed by atoms with E-state index < -0.39 is 0 Å². The molecule has 1 N–H and O–H groups in total. The van der Waals surface area contributed by atoms with Crippen molar-refractivity contribution in [1.29, 1.82) is 0 Å². The monoisotopic (exact) mass is 262 g/mol. The standard InChI is InChI=1S/C13H18N4S/c1-13(12-16-6-9-18-12)2-7-17(8-3-13)10-11-14-4-5-15-11/h4-6,9H,2-3,7-8,10H2,1H3,(H,14,15). The summed E-state index contributed by atoms with van der Waals surface area (Å²) in [5.74, 6) is 1.06. The fourth-order valence-corrected chi connectivity index (χ4v) is 3.40. The number of H-pyrrole nitrogens is 1. The van der Waals surface area contributed by atoms with E-state index in [1.807, 2.05) is 18.6 Å². The van der Waals surface area contributed by atoms with Crippen LogP contribution in [-0.4, -0.2) is 32.9 Å². The molecule has 1 fully saturated rings. The maximum absolute atomic E-state index is 4.49. The third-order valence-electron chi connectivity index (χ3n) is 3.84. The molecule has 5 heteroatoms. The zero-order valence-corrected chi connectivity index (χ0v) is 11.4. The summed E-state index contributed by atoms with van der Waals surface area (Å²) in [6.07, 6.45) is 7.99. The molecular weight excluding hydrogens is 244 g/mol. The van der Waals surface area contributed by atoms with Crippen molar-refractivity contribution in [3.63, 3.8) is 0 Å². The number of thiazole rings is 1. The second-order valence-corrected chi connectivity index (χ2v) is 6.10. The topological polar surface area (TPSA) is 44.8 Å². The Morgan fingerprint density at radius 3 is 2.78 bits per heavy atom. The predicted octanol–water partition coefficient (Wildman–Crippen LogP) is 2.42. The van der Waals surface area contributed by atoms with Gasteiger partial charge >= 0.3 is 0 Å². The molecule has 4 nitrogen and oxygen atoms in total. The molecule has 0 atom stereocenters. The fraction of sp³-hybridized carbons (Fsp3) is 0.538. The number of hydrogen-bond donors (Lipinski definition) is 1. The van der Waals surface area contributed by atoms with Gasteiger partial charge in [0.1, 0.15) is 5.82 Å². The van der Waals surface area contributed by atoms with Crippen molar-refractivity contribution in [2.45, 2.75) is 31.7 Å². The van der Waals surface area contributed by atoms with E-state index >= 15 is 0 Å². The Balaban J connectivity index is 1.61. The quantitative estimate of drug-likeness (QED) is 0.924. The van der Waals surface area contributed by atoms with Crippen molar-refractivity contribution in [2.75, 3.05) is 13.1 Å². The van der Waals surface area contributed by atoms with Gasteiger partial charge in [-0.25, -0.2) is 9.97 Å². The molecule has 0 radical (unpaired) electrons. The molecule has 1 saturated heterocycles. The minimum absolute atomic E-state index is 0.272. The number of aromatic amines is 1. The van der Waals surface area contributed by atoms with Crippen LogP contribution in [0.15, 0.2) is 24.0 Å². The highest BCUT2D eigenvalue weighted by Gasteiger charge is 2.33. The van der Waals surface area contributed by atoms with Gasteiger partial charge in [-0.15, -0.1) is 11.3 Å². The molecule has 96 valence electrons. The molecule has 0 aliphatic carbocycles. The van der Waals surface area contributed by atoms with E-state index in [1.165, 1.54) is 17.8 Å². The minimum Gasteiger partial charge on any atom is -0.348 e. The number of hydrogen-bond acceptors (Lipinski definition) is 4. The Morgan fingerprint density at radius 2 is 2.17 bits per heavy atom. The number of aromatic nitrogens is 3.